The van der Waals surface area contributed by atoms with Crippen molar-refractivity contribution in [3.8, 4) is 11.5 Å². The van der Waals surface area contributed by atoms with Gasteiger partial charge in [0.15, 0.2) is 23.4 Å². The summed E-state index contributed by atoms with van der Waals surface area (Å²) >= 11 is 0. The Bertz CT molecular complexity index is 1130. The smallest absolute Gasteiger partial charge is 0.287 e. The fraction of sp³-hybridized carbons (Fsp3) is 0.240. The third-order valence-electron chi connectivity index (χ3n) is 4.85. The monoisotopic (exact) mass is 465 g/mol. The van der Waals surface area contributed by atoms with Crippen molar-refractivity contribution in [3.63, 3.8) is 0 Å². The Balaban J connectivity index is 1.45. The van der Waals surface area contributed by atoms with E-state index in [1.54, 1.807) is 56.5 Å². The molecule has 9 heteroatoms. The highest BCUT2D eigenvalue weighted by Gasteiger charge is 2.17. The zero-order chi connectivity index (χ0) is 24.5. The molecular formula is C25H27N3O6. The van der Waals surface area contributed by atoms with Gasteiger partial charge in [0.2, 0.25) is 0 Å². The number of ether oxygens (including phenoxy) is 2. The lowest BCUT2D eigenvalue weighted by atomic mass is 10.2. The van der Waals surface area contributed by atoms with Gasteiger partial charge in [0.1, 0.15) is 0 Å². The molecule has 3 rings (SSSR count). The maximum Gasteiger partial charge on any atom is 0.287 e. The number of rotatable bonds is 10. The first-order chi connectivity index (χ1) is 16.4. The molecule has 0 bridgehead atoms. The van der Waals surface area contributed by atoms with E-state index in [9.17, 15) is 14.4 Å². The number of anilines is 1. The lowest BCUT2D eigenvalue weighted by Gasteiger charge is -2.17. The van der Waals surface area contributed by atoms with Crippen LogP contribution in [-0.4, -0.2) is 44.0 Å². The number of aryl methyl sites for hydroxylation is 1. The molecule has 0 aliphatic heterocycles. The van der Waals surface area contributed by atoms with E-state index in [-0.39, 0.29) is 36.6 Å². The Morgan fingerprint density at radius 2 is 1.65 bits per heavy atom. The van der Waals surface area contributed by atoms with E-state index in [1.807, 2.05) is 19.1 Å². The van der Waals surface area contributed by atoms with Gasteiger partial charge in [-0.1, -0.05) is 6.07 Å². The molecule has 0 aliphatic carbocycles. The maximum atomic E-state index is 12.5. The zero-order valence-electron chi connectivity index (χ0n) is 19.2. The molecule has 1 atom stereocenters. The average molecular weight is 466 g/mol. The summed E-state index contributed by atoms with van der Waals surface area (Å²) in [5, 5.41) is 8.12. The number of benzene rings is 2. The molecule has 9 nitrogen and oxygen atoms in total. The predicted octanol–water partition coefficient (Wildman–Crippen LogP) is 3.16. The molecule has 34 heavy (non-hydrogen) atoms. The minimum atomic E-state index is -0.768. The molecule has 0 spiro atoms. The first-order valence-corrected chi connectivity index (χ1v) is 10.7. The van der Waals surface area contributed by atoms with Gasteiger partial charge in [-0.3, -0.25) is 14.4 Å². The zero-order valence-corrected chi connectivity index (χ0v) is 19.2. The second-order valence-electron chi connectivity index (χ2n) is 7.47. The van der Waals surface area contributed by atoms with Gasteiger partial charge in [0.05, 0.1) is 13.4 Å². The van der Waals surface area contributed by atoms with Crippen molar-refractivity contribution in [3.05, 3.63) is 77.7 Å². The van der Waals surface area contributed by atoms with E-state index < -0.39 is 6.10 Å². The van der Waals surface area contributed by atoms with Crippen LogP contribution in [-0.2, 0) is 4.79 Å². The standard InChI is InChI=1S/C25H27N3O6/c1-16-6-11-20(22(15-16)32-3)34-17(2)23(29)28-19-9-7-18(8-10-19)24(30)26-12-13-27-25(31)21-5-4-14-33-21/h4-11,14-15,17H,12-13H2,1-3H3,(H,26,30)(H,27,31)(H,28,29). The average Bonchev–Trinajstić information content (AvgIpc) is 3.38. The van der Waals surface area contributed by atoms with E-state index in [0.29, 0.717) is 22.7 Å². The fourth-order valence-electron chi connectivity index (χ4n) is 3.01. The highest BCUT2D eigenvalue weighted by molar-refractivity contribution is 5.97. The maximum absolute atomic E-state index is 12.5. The Labute approximate surface area is 197 Å². The highest BCUT2D eigenvalue weighted by atomic mass is 16.5. The first-order valence-electron chi connectivity index (χ1n) is 10.7. The van der Waals surface area contributed by atoms with Crippen LogP contribution in [0.1, 0.15) is 33.4 Å². The van der Waals surface area contributed by atoms with E-state index in [1.165, 1.54) is 6.26 Å². The van der Waals surface area contributed by atoms with Crippen molar-refractivity contribution in [1.29, 1.82) is 0 Å². The Morgan fingerprint density at radius 1 is 0.941 bits per heavy atom. The van der Waals surface area contributed by atoms with Crippen LogP contribution >= 0.6 is 0 Å². The van der Waals surface area contributed by atoms with Crippen LogP contribution in [0.3, 0.4) is 0 Å². The number of nitrogens with one attached hydrogen (secondary N) is 3. The molecule has 3 amide bonds. The number of hydrogen-bond acceptors (Lipinski definition) is 6. The van der Waals surface area contributed by atoms with Crippen LogP contribution in [0.15, 0.2) is 65.3 Å². The minimum absolute atomic E-state index is 0.210. The molecule has 0 saturated heterocycles. The van der Waals surface area contributed by atoms with Crippen LogP contribution in [0.25, 0.3) is 0 Å². The number of carbonyl (C=O) groups is 3. The summed E-state index contributed by atoms with van der Waals surface area (Å²) in [6.07, 6.45) is 0.647. The largest absolute Gasteiger partial charge is 0.493 e. The highest BCUT2D eigenvalue weighted by Crippen LogP contribution is 2.28. The van der Waals surface area contributed by atoms with E-state index >= 15 is 0 Å². The number of methoxy groups -OCH3 is 1. The summed E-state index contributed by atoms with van der Waals surface area (Å²) in [4.78, 5) is 36.6. The van der Waals surface area contributed by atoms with Crippen molar-refractivity contribution in [2.24, 2.45) is 0 Å². The molecule has 0 aliphatic rings. The molecule has 0 radical (unpaired) electrons. The Kier molecular flexibility index (Phi) is 8.28. The number of furan rings is 1. The molecule has 2 aromatic carbocycles. The quantitative estimate of drug-likeness (QED) is 0.396. The lowest BCUT2D eigenvalue weighted by molar-refractivity contribution is -0.122. The Morgan fingerprint density at radius 3 is 2.29 bits per heavy atom. The third-order valence-corrected chi connectivity index (χ3v) is 4.85. The lowest BCUT2D eigenvalue weighted by Crippen LogP contribution is -2.34. The van der Waals surface area contributed by atoms with Gasteiger partial charge in [-0.25, -0.2) is 0 Å². The van der Waals surface area contributed by atoms with E-state index in [0.717, 1.165) is 5.56 Å². The summed E-state index contributed by atoms with van der Waals surface area (Å²) in [7, 11) is 1.54. The van der Waals surface area contributed by atoms with Gasteiger partial charge in [-0.15, -0.1) is 0 Å². The SMILES string of the molecule is COc1cc(C)ccc1OC(C)C(=O)Nc1ccc(C(=O)NCCNC(=O)c2ccco2)cc1. The second-order valence-corrected chi connectivity index (χ2v) is 7.47. The molecule has 0 fully saturated rings. The molecule has 1 aromatic heterocycles. The van der Waals surface area contributed by atoms with Crippen molar-refractivity contribution >= 4 is 23.4 Å². The fourth-order valence-corrected chi connectivity index (χ4v) is 3.01. The van der Waals surface area contributed by atoms with Gasteiger partial charge < -0.3 is 29.8 Å². The van der Waals surface area contributed by atoms with Gasteiger partial charge in [-0.2, -0.15) is 0 Å². The van der Waals surface area contributed by atoms with Gasteiger partial charge in [0, 0.05) is 24.3 Å². The number of amides is 3. The molecule has 1 unspecified atom stereocenters. The second kappa shape index (κ2) is 11.6. The van der Waals surface area contributed by atoms with Crippen molar-refractivity contribution in [1.82, 2.24) is 10.6 Å². The predicted molar refractivity (Wildman–Crippen MR) is 126 cm³/mol. The van der Waals surface area contributed by atoms with E-state index in [2.05, 4.69) is 16.0 Å². The normalized spacial score (nSPS) is 11.3. The van der Waals surface area contributed by atoms with Gasteiger partial charge >= 0.3 is 0 Å². The summed E-state index contributed by atoms with van der Waals surface area (Å²) in [6.45, 7) is 4.08. The molecule has 1 heterocycles. The summed E-state index contributed by atoms with van der Waals surface area (Å²) in [6, 6.07) is 15.1. The summed E-state index contributed by atoms with van der Waals surface area (Å²) in [5.74, 6) is 0.249. The van der Waals surface area contributed by atoms with Gasteiger partial charge in [-0.05, 0) is 67.9 Å². The topological polar surface area (TPSA) is 119 Å². The minimum Gasteiger partial charge on any atom is -0.493 e. The summed E-state index contributed by atoms with van der Waals surface area (Å²) < 4.78 is 16.0. The van der Waals surface area contributed by atoms with Gasteiger partial charge in [0.25, 0.3) is 17.7 Å². The summed E-state index contributed by atoms with van der Waals surface area (Å²) in [5.41, 5.74) is 1.96. The van der Waals surface area contributed by atoms with E-state index in [4.69, 9.17) is 13.9 Å². The van der Waals surface area contributed by atoms with Crippen LogP contribution in [0.4, 0.5) is 5.69 Å². The molecular weight excluding hydrogens is 438 g/mol. The molecule has 3 aromatic rings. The van der Waals surface area contributed by atoms with Crippen LogP contribution in [0.2, 0.25) is 0 Å². The van der Waals surface area contributed by atoms with Crippen LogP contribution in [0, 0.1) is 6.92 Å². The molecule has 0 saturated carbocycles. The third kappa shape index (κ3) is 6.61. The number of hydrogen-bond donors (Lipinski definition) is 3. The van der Waals surface area contributed by atoms with Crippen molar-refractivity contribution in [2.45, 2.75) is 20.0 Å². The first kappa shape index (κ1) is 24.4. The number of carbonyl (C=O) groups excluding carboxylic acids is 3. The molecule has 3 N–H and O–H groups in total. The van der Waals surface area contributed by atoms with Crippen molar-refractivity contribution < 1.29 is 28.3 Å². The Hall–Kier alpha value is -4.27. The van der Waals surface area contributed by atoms with Crippen LogP contribution in [0.5, 0.6) is 11.5 Å². The molecule has 178 valence electrons. The van der Waals surface area contributed by atoms with Crippen LogP contribution < -0.4 is 25.4 Å². The van der Waals surface area contributed by atoms with Crippen molar-refractivity contribution in [2.75, 3.05) is 25.5 Å².